The molecule has 13 heavy (non-hydrogen) atoms. The Morgan fingerprint density at radius 1 is 1.54 bits per heavy atom. The maximum Gasteiger partial charge on any atom is 0.351 e. The van der Waals surface area contributed by atoms with Gasteiger partial charge >= 0.3 is 10.0 Å². The monoisotopic (exact) mass is 223 g/mol. The van der Waals surface area contributed by atoms with Crippen molar-refractivity contribution in [2.75, 3.05) is 5.32 Å². The second kappa shape index (κ2) is 3.36. The van der Waals surface area contributed by atoms with Gasteiger partial charge in [0.2, 0.25) is 11.0 Å². The van der Waals surface area contributed by atoms with Crippen LogP contribution >= 0.6 is 11.3 Å². The van der Waals surface area contributed by atoms with E-state index in [0.29, 0.717) is 0 Å². The van der Waals surface area contributed by atoms with Crippen molar-refractivity contribution in [1.82, 2.24) is 10.2 Å². The van der Waals surface area contributed by atoms with Gasteiger partial charge in [-0.2, -0.15) is 8.42 Å². The number of aromatic nitrogens is 2. The third-order valence-corrected chi connectivity index (χ3v) is 3.21. The van der Waals surface area contributed by atoms with E-state index < -0.39 is 10.0 Å². The molecular weight excluding hydrogens is 216 g/mol. The van der Waals surface area contributed by atoms with E-state index in [-0.39, 0.29) is 15.4 Å². The quantitative estimate of drug-likeness (QED) is 0.587. The number of hydrogen-bond acceptors (Lipinski definition) is 6. The number of hydrogen-bond donors (Lipinski definition) is 2. The van der Waals surface area contributed by atoms with E-state index in [1.54, 1.807) is 0 Å². The molecule has 7 nitrogen and oxygen atoms in total. The number of nitrogens with zero attached hydrogens (tertiary/aromatic N) is 2. The van der Waals surface area contributed by atoms with Crippen LogP contribution < -0.4 is 10.5 Å². The highest BCUT2D eigenvalue weighted by atomic mass is 32.2. The molecule has 0 aromatic carbocycles. The minimum atomic E-state index is -3.57. The zero-order chi connectivity index (χ0) is 10.1. The van der Waals surface area contributed by atoms with Crippen molar-refractivity contribution >= 4 is 32.4 Å². The summed E-state index contributed by atoms with van der Waals surface area (Å²) >= 11 is 0.764. The fourth-order valence-electron chi connectivity index (χ4n) is 0.537. The Morgan fingerprint density at radius 3 is 2.54 bits per heavy atom. The van der Waals surface area contributed by atoms with Crippen LogP contribution in [0.2, 0.25) is 0 Å². The van der Waals surface area contributed by atoms with Gasteiger partial charge in [-0.15, -0.1) is 10.2 Å². The zero-order valence-corrected chi connectivity index (χ0v) is 8.28. The molecule has 0 atom stereocenters. The van der Waals surface area contributed by atoms with Crippen LogP contribution in [0, 0.1) is 0 Å². The minimum absolute atomic E-state index is 0.148. The van der Waals surface area contributed by atoms with E-state index in [9.17, 15) is 13.2 Å². The molecule has 0 radical (unpaired) electrons. The van der Waals surface area contributed by atoms with E-state index in [2.05, 4.69) is 20.7 Å². The van der Waals surface area contributed by atoms with Gasteiger partial charge in [0, 0.05) is 6.92 Å². The normalized spacial score (nSPS) is 11.2. The Morgan fingerprint density at radius 2 is 2.15 bits per heavy atom. The molecule has 1 aromatic heterocycles. The molecule has 0 fully saturated rings. The number of anilines is 1. The lowest BCUT2D eigenvalue weighted by Gasteiger charge is -1.90. The highest BCUT2D eigenvalue weighted by Crippen LogP contribution is 2.17. The van der Waals surface area contributed by atoms with Crippen LogP contribution in [0.3, 0.4) is 0 Å². The SMILES string of the molecule is CC(=O)Nc1nnc(S([NH3+])(=O)=O)s1. The summed E-state index contributed by atoms with van der Waals surface area (Å²) in [6.07, 6.45) is 0. The smallest absolute Gasteiger partial charge is 0.301 e. The summed E-state index contributed by atoms with van der Waals surface area (Å²) in [6.45, 7) is 1.29. The van der Waals surface area contributed by atoms with Crippen molar-refractivity contribution in [2.24, 2.45) is 0 Å². The van der Waals surface area contributed by atoms with Crippen LogP contribution in [-0.2, 0) is 14.8 Å². The van der Waals surface area contributed by atoms with Crippen molar-refractivity contribution < 1.29 is 18.4 Å². The fraction of sp³-hybridized carbons (Fsp3) is 0.250. The molecule has 1 aromatic rings. The molecule has 0 spiro atoms. The third-order valence-electron chi connectivity index (χ3n) is 0.955. The lowest BCUT2D eigenvalue weighted by Crippen LogP contribution is -2.56. The van der Waals surface area contributed by atoms with Gasteiger partial charge in [0.25, 0.3) is 4.34 Å². The Kier molecular flexibility index (Phi) is 2.59. The molecule has 0 saturated carbocycles. The average molecular weight is 223 g/mol. The Bertz CT molecular complexity index is 422. The van der Waals surface area contributed by atoms with E-state index in [1.165, 1.54) is 6.92 Å². The molecule has 0 aliphatic heterocycles. The second-order valence-electron chi connectivity index (χ2n) is 2.17. The van der Waals surface area contributed by atoms with Gasteiger partial charge in [-0.1, -0.05) is 11.3 Å². The summed E-state index contributed by atoms with van der Waals surface area (Å²) in [6, 6.07) is 0. The topological polar surface area (TPSA) is 117 Å². The summed E-state index contributed by atoms with van der Waals surface area (Å²) in [5.74, 6) is -0.329. The highest BCUT2D eigenvalue weighted by molar-refractivity contribution is 7.86. The van der Waals surface area contributed by atoms with Crippen LogP contribution in [0.4, 0.5) is 5.13 Å². The summed E-state index contributed by atoms with van der Waals surface area (Å²) in [4.78, 5) is 10.5. The molecular formula is C4H7N4O3S2+. The molecule has 4 N–H and O–H groups in total. The van der Waals surface area contributed by atoms with E-state index in [0.717, 1.165) is 11.3 Å². The number of rotatable bonds is 2. The first-order valence-corrected chi connectivity index (χ1v) is 5.55. The molecule has 0 saturated heterocycles. The van der Waals surface area contributed by atoms with Gasteiger partial charge in [0.05, 0.1) is 0 Å². The molecule has 1 heterocycles. The molecule has 0 bridgehead atoms. The van der Waals surface area contributed by atoms with Crippen LogP contribution in [0.1, 0.15) is 6.92 Å². The van der Waals surface area contributed by atoms with Crippen molar-refractivity contribution in [3.05, 3.63) is 0 Å². The summed E-state index contributed by atoms with van der Waals surface area (Å²) in [7, 11) is -3.57. The number of nitrogens with one attached hydrogen (secondary N) is 1. The van der Waals surface area contributed by atoms with Gasteiger partial charge in [0.1, 0.15) is 0 Å². The standard InChI is InChI=1S/C4H6N4O3S2/c1-2(9)6-3-7-8-4(12-3)13(5,10)11/h1H3,(H2,5,10,11)(H,6,7,9)/p+1. The van der Waals surface area contributed by atoms with Gasteiger partial charge in [-0.25, -0.2) is 5.14 Å². The van der Waals surface area contributed by atoms with E-state index in [4.69, 9.17) is 0 Å². The van der Waals surface area contributed by atoms with Gasteiger partial charge in [0.15, 0.2) is 0 Å². The van der Waals surface area contributed by atoms with Crippen LogP contribution in [0.25, 0.3) is 0 Å². The number of sulfonamides is 1. The van der Waals surface area contributed by atoms with Crippen molar-refractivity contribution in [2.45, 2.75) is 11.3 Å². The number of carbonyl (C=O) groups excluding carboxylic acids is 1. The largest absolute Gasteiger partial charge is 0.351 e. The summed E-state index contributed by atoms with van der Waals surface area (Å²) in [5.41, 5.74) is 0. The molecule has 9 heteroatoms. The summed E-state index contributed by atoms with van der Waals surface area (Å²) < 4.78 is 21.4. The fourth-order valence-corrected chi connectivity index (χ4v) is 1.97. The number of amides is 1. The number of quaternary nitrogens is 1. The Labute approximate surface area is 78.0 Å². The molecule has 0 unspecified atom stereocenters. The molecule has 1 rings (SSSR count). The van der Waals surface area contributed by atoms with Crippen LogP contribution in [-0.4, -0.2) is 24.5 Å². The maximum absolute atomic E-state index is 10.8. The molecule has 1 amide bonds. The first-order chi connectivity index (χ1) is 5.89. The second-order valence-corrected chi connectivity index (χ2v) is 5.02. The number of carbonyl (C=O) groups is 1. The van der Waals surface area contributed by atoms with Gasteiger partial charge in [-0.05, 0) is 0 Å². The zero-order valence-electron chi connectivity index (χ0n) is 6.64. The predicted octanol–water partition coefficient (Wildman–Crippen LogP) is -1.57. The lowest BCUT2D eigenvalue weighted by atomic mass is 10.7. The minimum Gasteiger partial charge on any atom is -0.301 e. The average Bonchev–Trinajstić information content (AvgIpc) is 2.32. The Balaban J connectivity index is 2.94. The summed E-state index contributed by atoms with van der Waals surface area (Å²) in [5, 5.41) is 12.1. The van der Waals surface area contributed by atoms with Crippen LogP contribution in [0.5, 0.6) is 0 Å². The Hall–Kier alpha value is -1.06. The van der Waals surface area contributed by atoms with Crippen molar-refractivity contribution in [1.29, 1.82) is 0 Å². The lowest BCUT2D eigenvalue weighted by molar-refractivity contribution is -0.165. The molecule has 0 aliphatic carbocycles. The van der Waals surface area contributed by atoms with Crippen molar-refractivity contribution in [3.63, 3.8) is 0 Å². The van der Waals surface area contributed by atoms with Crippen LogP contribution in [0.15, 0.2) is 4.34 Å². The molecule has 72 valence electrons. The predicted molar refractivity (Wildman–Crippen MR) is 44.3 cm³/mol. The van der Waals surface area contributed by atoms with E-state index in [1.807, 2.05) is 0 Å². The maximum atomic E-state index is 10.8. The first-order valence-electron chi connectivity index (χ1n) is 3.09. The van der Waals surface area contributed by atoms with Gasteiger partial charge < -0.3 is 5.32 Å². The highest BCUT2D eigenvalue weighted by Gasteiger charge is 2.18. The third kappa shape index (κ3) is 2.72. The molecule has 0 aliphatic rings. The van der Waals surface area contributed by atoms with Crippen molar-refractivity contribution in [3.8, 4) is 0 Å². The van der Waals surface area contributed by atoms with Gasteiger partial charge in [-0.3, -0.25) is 4.79 Å². The van der Waals surface area contributed by atoms with E-state index >= 15 is 0 Å². The first kappa shape index (κ1) is 10.0.